The Hall–Kier alpha value is -3.10. The molecule has 0 unspecified atom stereocenters. The van der Waals surface area contributed by atoms with E-state index in [1.54, 1.807) is 0 Å². The van der Waals surface area contributed by atoms with Gasteiger partial charge in [0.05, 0.1) is 0 Å². The van der Waals surface area contributed by atoms with E-state index in [1.807, 2.05) is 0 Å². The number of carbonyl (C=O) groups is 1. The molecule has 0 bridgehead atoms. The van der Waals surface area contributed by atoms with Crippen LogP contribution in [0.3, 0.4) is 0 Å². The van der Waals surface area contributed by atoms with Gasteiger partial charge < -0.3 is 8.85 Å². The van der Waals surface area contributed by atoms with Crippen LogP contribution in [0.25, 0.3) is 0 Å². The Morgan fingerprint density at radius 1 is 0.500 bits per heavy atom. The Morgan fingerprint density at radius 3 is 0.977 bits per heavy atom. The van der Waals surface area contributed by atoms with Gasteiger partial charge in [-0.05, 0) is 42.7 Å². The van der Waals surface area contributed by atoms with Crippen LogP contribution in [0.15, 0.2) is 121 Å². The summed E-state index contributed by atoms with van der Waals surface area (Å²) >= 11 is 0. The molecule has 1 saturated carbocycles. The Morgan fingerprint density at radius 2 is 0.750 bits per heavy atom. The predicted molar refractivity (Wildman–Crippen MR) is 188 cm³/mol. The molecule has 1 aliphatic rings. The number of hydrogen-bond donors (Lipinski definition) is 0. The smallest absolute Gasteiger partial charge is 0.261 e. The van der Waals surface area contributed by atoms with Gasteiger partial charge >= 0.3 is 0 Å². The first-order valence-corrected chi connectivity index (χ1v) is 19.8. The minimum Gasteiger partial charge on any atom is -0.407 e. The van der Waals surface area contributed by atoms with Crippen molar-refractivity contribution in [3.05, 3.63) is 121 Å². The Kier molecular flexibility index (Phi) is 9.62. The first-order chi connectivity index (χ1) is 21.0. The maximum atomic E-state index is 13.1. The van der Waals surface area contributed by atoms with E-state index < -0.39 is 16.6 Å². The summed E-state index contributed by atoms with van der Waals surface area (Å²) in [5.41, 5.74) is 0. The predicted octanol–water partition coefficient (Wildman–Crippen LogP) is 6.73. The lowest BCUT2D eigenvalue weighted by Crippen LogP contribution is -2.67. The van der Waals surface area contributed by atoms with Crippen molar-refractivity contribution in [2.45, 2.75) is 64.5 Å². The molecule has 44 heavy (non-hydrogen) atoms. The molecule has 0 saturated heterocycles. The zero-order chi connectivity index (χ0) is 31.4. The molecule has 0 amide bonds. The summed E-state index contributed by atoms with van der Waals surface area (Å²) in [5, 5.41) is 4.84. The molecule has 0 aliphatic heterocycles. The number of ketones is 1. The molecule has 4 aromatic rings. The monoisotopic (exact) mass is 620 g/mol. The van der Waals surface area contributed by atoms with Gasteiger partial charge in [-0.25, -0.2) is 0 Å². The summed E-state index contributed by atoms with van der Waals surface area (Å²) in [6.07, 6.45) is 1.10. The van der Waals surface area contributed by atoms with E-state index in [-0.39, 0.29) is 21.9 Å². The van der Waals surface area contributed by atoms with Gasteiger partial charge in [0.1, 0.15) is 5.78 Å². The average Bonchev–Trinajstić information content (AvgIpc) is 3.37. The summed E-state index contributed by atoms with van der Waals surface area (Å²) in [5.74, 6) is 0.543. The van der Waals surface area contributed by atoms with Crippen molar-refractivity contribution in [2.24, 2.45) is 11.8 Å². The minimum absolute atomic E-state index is 0.112. The van der Waals surface area contributed by atoms with Crippen LogP contribution in [-0.4, -0.2) is 35.6 Å². The fourth-order valence-corrected chi connectivity index (χ4v) is 16.6. The maximum absolute atomic E-state index is 13.1. The highest BCUT2D eigenvalue weighted by Crippen LogP contribution is 2.41. The Labute approximate surface area is 266 Å². The number of carbonyl (C=O) groups excluding carboxylic acids is 1. The second-order valence-electron chi connectivity index (χ2n) is 14.4. The largest absolute Gasteiger partial charge is 0.407 e. The van der Waals surface area contributed by atoms with Crippen LogP contribution in [0, 0.1) is 11.8 Å². The van der Waals surface area contributed by atoms with Gasteiger partial charge in [0.2, 0.25) is 0 Å². The van der Waals surface area contributed by atoms with Gasteiger partial charge in [0.15, 0.2) is 0 Å². The molecule has 0 N–H and O–H groups in total. The zero-order valence-corrected chi connectivity index (χ0v) is 29.3. The van der Waals surface area contributed by atoms with E-state index in [1.165, 1.54) is 20.7 Å². The number of rotatable bonds is 10. The maximum Gasteiger partial charge on any atom is 0.261 e. The molecule has 1 fully saturated rings. The lowest BCUT2D eigenvalue weighted by Gasteiger charge is -2.45. The molecule has 5 rings (SSSR count). The molecular formula is C39H48O3Si2. The van der Waals surface area contributed by atoms with Crippen molar-refractivity contribution < 1.29 is 13.6 Å². The number of Topliss-reactive ketones (excluding diaryl/α,β-unsaturated/α-hetero) is 1. The van der Waals surface area contributed by atoms with Crippen molar-refractivity contribution in [2.75, 3.05) is 13.2 Å². The molecule has 0 radical (unpaired) electrons. The van der Waals surface area contributed by atoms with Crippen LogP contribution in [0.1, 0.15) is 54.4 Å². The number of hydrogen-bond acceptors (Lipinski definition) is 3. The normalized spacial score (nSPS) is 18.0. The third-order valence-electron chi connectivity index (χ3n) is 9.51. The van der Waals surface area contributed by atoms with E-state index >= 15 is 0 Å². The van der Waals surface area contributed by atoms with Crippen LogP contribution < -0.4 is 20.7 Å². The fraction of sp³-hybridized carbons (Fsp3) is 0.359. The Bertz CT molecular complexity index is 1300. The lowest BCUT2D eigenvalue weighted by atomic mass is 9.98. The molecule has 4 aromatic carbocycles. The molecule has 230 valence electrons. The molecule has 0 aromatic heterocycles. The van der Waals surface area contributed by atoms with Gasteiger partial charge in [-0.1, -0.05) is 163 Å². The average molecular weight is 621 g/mol. The molecule has 5 heteroatoms. The van der Waals surface area contributed by atoms with Crippen molar-refractivity contribution in [1.82, 2.24) is 0 Å². The molecule has 2 atom stereocenters. The van der Waals surface area contributed by atoms with Crippen molar-refractivity contribution in [1.29, 1.82) is 0 Å². The molecule has 0 spiro atoms. The summed E-state index contributed by atoms with van der Waals surface area (Å²) in [4.78, 5) is 13.1. The summed E-state index contributed by atoms with van der Waals surface area (Å²) in [7, 11) is -5.41. The van der Waals surface area contributed by atoms with Crippen molar-refractivity contribution in [3.8, 4) is 0 Å². The number of benzene rings is 4. The minimum atomic E-state index is -2.71. The third-order valence-corrected chi connectivity index (χ3v) is 19.5. The Balaban J connectivity index is 1.48. The van der Waals surface area contributed by atoms with Crippen LogP contribution >= 0.6 is 0 Å². The second kappa shape index (κ2) is 13.1. The summed E-state index contributed by atoms with van der Waals surface area (Å²) in [6, 6.07) is 43.1. The van der Waals surface area contributed by atoms with E-state index in [2.05, 4.69) is 163 Å². The second-order valence-corrected chi connectivity index (χ2v) is 23.0. The van der Waals surface area contributed by atoms with Gasteiger partial charge in [-0.15, -0.1) is 0 Å². The fourth-order valence-electron chi connectivity index (χ4n) is 7.38. The lowest BCUT2D eigenvalue weighted by molar-refractivity contribution is -0.117. The zero-order valence-electron chi connectivity index (χ0n) is 27.3. The first-order valence-electron chi connectivity index (χ1n) is 16.0. The quantitative estimate of drug-likeness (QED) is 0.184. The third kappa shape index (κ3) is 6.21. The molecule has 0 heterocycles. The molecular weight excluding hydrogens is 573 g/mol. The molecule has 3 nitrogen and oxygen atoms in total. The standard InChI is InChI=1S/C39H48O3Si2/c1-38(2,3)43(34-19-11-7-12-20-34,35-21-13-8-14-22-35)41-29-31-27-33(40)28-32(31)30-42-44(39(4,5)6,36-23-15-9-16-24-36)37-25-17-10-18-26-37/h7-26,31-32H,27-30H2,1-6H3/t31-,32-/m1/s1. The highest BCUT2D eigenvalue weighted by molar-refractivity contribution is 7.00. The van der Waals surface area contributed by atoms with Gasteiger partial charge in [0, 0.05) is 26.1 Å². The summed E-state index contributed by atoms with van der Waals surface area (Å²) in [6.45, 7) is 14.9. The van der Waals surface area contributed by atoms with Crippen LogP contribution in [0.2, 0.25) is 10.1 Å². The van der Waals surface area contributed by atoms with E-state index in [0.29, 0.717) is 31.8 Å². The van der Waals surface area contributed by atoms with E-state index in [0.717, 1.165) is 0 Å². The van der Waals surface area contributed by atoms with E-state index in [9.17, 15) is 4.79 Å². The van der Waals surface area contributed by atoms with Gasteiger partial charge in [0.25, 0.3) is 16.6 Å². The van der Waals surface area contributed by atoms with Crippen molar-refractivity contribution in [3.63, 3.8) is 0 Å². The van der Waals surface area contributed by atoms with Crippen molar-refractivity contribution >= 4 is 43.2 Å². The van der Waals surface area contributed by atoms with E-state index in [4.69, 9.17) is 8.85 Å². The van der Waals surface area contributed by atoms with Crippen LogP contribution in [-0.2, 0) is 13.6 Å². The van der Waals surface area contributed by atoms with Gasteiger partial charge in [-0.2, -0.15) is 0 Å². The SMILES string of the molecule is CC(C)(C)[Si](OC[C@H]1CC(=O)C[C@@H]1CO[Si](c1ccccc1)(c1ccccc1)C(C)(C)C)(c1ccccc1)c1ccccc1. The molecule has 1 aliphatic carbocycles. The van der Waals surface area contributed by atoms with Crippen LogP contribution in [0.5, 0.6) is 0 Å². The van der Waals surface area contributed by atoms with Gasteiger partial charge in [-0.3, -0.25) is 4.79 Å². The highest BCUT2D eigenvalue weighted by Gasteiger charge is 2.53. The summed E-state index contributed by atoms with van der Waals surface area (Å²) < 4.78 is 14.7. The van der Waals surface area contributed by atoms with Crippen LogP contribution in [0.4, 0.5) is 0 Å². The highest BCUT2D eigenvalue weighted by atomic mass is 28.4. The topological polar surface area (TPSA) is 35.5 Å². The first kappa shape index (κ1) is 32.3.